The minimum atomic E-state index is -0.851. The number of aliphatic carboxylic acids is 2. The molecule has 0 radical (unpaired) electrons. The molecule has 0 fully saturated rings. The number of hydrogen-bond acceptors (Lipinski definition) is 13. The molecule has 0 aromatic heterocycles. The molecule has 0 aromatic rings. The Morgan fingerprint density at radius 3 is 1.21 bits per heavy atom. The lowest BCUT2D eigenvalue weighted by Gasteiger charge is -2.44. The molecule has 0 saturated heterocycles. The number of hydrogen-bond donors (Lipinski definition) is 3. The van der Waals surface area contributed by atoms with Crippen LogP contribution in [0.1, 0.15) is 245 Å². The van der Waals surface area contributed by atoms with Crippen molar-refractivity contribution in [2.45, 2.75) is 251 Å². The van der Waals surface area contributed by atoms with Crippen LogP contribution in [0, 0.1) is 0 Å². The predicted molar refractivity (Wildman–Crippen MR) is 324 cm³/mol. The molecule has 422 valence electrons. The molecule has 0 aliphatic heterocycles. The molecule has 0 heterocycles. The quantitative estimate of drug-likeness (QED) is 0.0304. The zero-order chi connectivity index (χ0) is 52.0. The van der Waals surface area contributed by atoms with E-state index >= 15 is 0 Å². The molecule has 3 N–H and O–H groups in total. The zero-order valence-electron chi connectivity index (χ0n) is 46.3. The van der Waals surface area contributed by atoms with Crippen molar-refractivity contribution in [2.75, 3.05) is 87.4 Å². The molecule has 0 saturated carbocycles. The number of ether oxygens (including phenoxy) is 1. The van der Waals surface area contributed by atoms with Crippen molar-refractivity contribution in [1.82, 2.24) is 15.1 Å². The van der Waals surface area contributed by atoms with Crippen molar-refractivity contribution in [3.63, 3.8) is 0 Å². The molecule has 0 aliphatic carbocycles. The Kier molecular flexibility index (Phi) is 56.9. The Morgan fingerprint density at radius 1 is 0.437 bits per heavy atom. The van der Waals surface area contributed by atoms with Crippen molar-refractivity contribution in [3.05, 3.63) is 0 Å². The average molecular weight is 1110 g/mol. The summed E-state index contributed by atoms with van der Waals surface area (Å²) in [5.41, 5.74) is -0.625. The number of nitrogens with one attached hydrogen (secondary N) is 1. The molecular weight excluding hydrogens is 1000 g/mol. The van der Waals surface area contributed by atoms with Crippen LogP contribution in [0.2, 0.25) is 0 Å². The van der Waals surface area contributed by atoms with Gasteiger partial charge in [0, 0.05) is 79.3 Å². The topological polar surface area (TPSA) is 119 Å². The largest absolute Gasteiger partial charge is 0.481 e. The number of carbonyl (C=O) groups is 3. The molecule has 0 spiro atoms. The van der Waals surface area contributed by atoms with Crippen LogP contribution in [0.3, 0.4) is 0 Å². The van der Waals surface area contributed by atoms with Gasteiger partial charge in [-0.05, 0) is 39.2 Å². The van der Waals surface area contributed by atoms with Gasteiger partial charge in [-0.1, -0.05) is 259 Å². The standard InChI is InChI=1S/C56H111N3O6S6/c1-5-8-11-14-17-20-23-26-29-32-46-66-69-49-37-56(52-54(62)63,38-50-70-67-47-33-30-27-24-21-18-15-12-9-6-2)59(41-36-53(60)61)44-43-58(4)42-40-57-39-35-55(64)65-45-51-71-68-48-34-31-28-25-22-19-16-13-10-7-3/h57H,5-52H2,1-4H3,(H,60,61)(H,62,63). The lowest BCUT2D eigenvalue weighted by atomic mass is 9.86. The molecule has 0 unspecified atom stereocenters. The molecule has 0 bridgehead atoms. The first-order valence-corrected chi connectivity index (χ1v) is 36.6. The Hall–Kier alpha value is 0.390. The highest BCUT2D eigenvalue weighted by Crippen LogP contribution is 2.37. The molecule has 0 rings (SSSR count). The maximum Gasteiger partial charge on any atom is 0.307 e. The van der Waals surface area contributed by atoms with Gasteiger partial charge < -0.3 is 25.2 Å². The molecule has 9 nitrogen and oxygen atoms in total. The summed E-state index contributed by atoms with van der Waals surface area (Å²) in [4.78, 5) is 41.5. The van der Waals surface area contributed by atoms with Crippen molar-refractivity contribution >= 4 is 82.7 Å². The van der Waals surface area contributed by atoms with Crippen molar-refractivity contribution in [1.29, 1.82) is 0 Å². The van der Waals surface area contributed by atoms with E-state index in [0.717, 1.165) is 53.9 Å². The SMILES string of the molecule is CCCCCCCCCCCCSSCCOC(=O)CCNCCN(C)CCN(CCC(=O)O)C(CCSSCCCCCCCCCCCC)(CCSSCCCCCCCCCCCC)CC(=O)O. The lowest BCUT2D eigenvalue weighted by molar-refractivity contribution is -0.143. The van der Waals surface area contributed by atoms with E-state index in [-0.39, 0.29) is 18.8 Å². The summed E-state index contributed by atoms with van der Waals surface area (Å²) in [6, 6.07) is 0. The highest BCUT2D eigenvalue weighted by Gasteiger charge is 2.38. The Balaban J connectivity index is 4.97. The summed E-state index contributed by atoms with van der Waals surface area (Å²) in [7, 11) is 13.3. The van der Waals surface area contributed by atoms with Gasteiger partial charge in [-0.3, -0.25) is 19.3 Å². The molecule has 0 amide bonds. The third kappa shape index (κ3) is 50.9. The van der Waals surface area contributed by atoms with Gasteiger partial charge in [0.05, 0.1) is 19.3 Å². The third-order valence-electron chi connectivity index (χ3n) is 13.4. The van der Waals surface area contributed by atoms with Crippen molar-refractivity contribution in [2.24, 2.45) is 0 Å². The molecule has 0 aromatic carbocycles. The fraction of sp³-hybridized carbons (Fsp3) is 0.946. The summed E-state index contributed by atoms with van der Waals surface area (Å²) in [6.07, 6.45) is 41.9. The second-order valence-electron chi connectivity index (χ2n) is 19.9. The Bertz CT molecular complexity index is 1130. The van der Waals surface area contributed by atoms with Gasteiger partial charge in [-0.15, -0.1) is 0 Å². The van der Waals surface area contributed by atoms with E-state index in [1.165, 1.54) is 193 Å². The van der Waals surface area contributed by atoms with Gasteiger partial charge in [-0.25, -0.2) is 0 Å². The number of nitrogens with zero attached hydrogens (tertiary/aromatic N) is 2. The summed E-state index contributed by atoms with van der Waals surface area (Å²) < 4.78 is 5.48. The van der Waals surface area contributed by atoms with Crippen LogP contribution < -0.4 is 5.32 Å². The van der Waals surface area contributed by atoms with Gasteiger partial charge in [0.15, 0.2) is 0 Å². The molecule has 15 heteroatoms. The summed E-state index contributed by atoms with van der Waals surface area (Å²) >= 11 is 0. The Morgan fingerprint density at radius 2 is 0.817 bits per heavy atom. The Labute approximate surface area is 462 Å². The second-order valence-corrected chi connectivity index (χ2v) is 28.0. The van der Waals surface area contributed by atoms with Crippen LogP contribution in [0.25, 0.3) is 0 Å². The first-order chi connectivity index (χ1) is 34.7. The van der Waals surface area contributed by atoms with Crippen LogP contribution in [-0.2, 0) is 19.1 Å². The number of carbonyl (C=O) groups excluding carboxylic acids is 1. The van der Waals surface area contributed by atoms with E-state index in [1.54, 1.807) is 10.8 Å². The van der Waals surface area contributed by atoms with Gasteiger partial charge in [0.25, 0.3) is 0 Å². The normalized spacial score (nSPS) is 11.9. The van der Waals surface area contributed by atoms with Crippen LogP contribution >= 0.6 is 64.8 Å². The number of unbranched alkanes of at least 4 members (excludes halogenated alkanes) is 27. The summed E-state index contributed by atoms with van der Waals surface area (Å²) in [5, 5.41) is 23.7. The summed E-state index contributed by atoms with van der Waals surface area (Å²) in [5.74, 6) is 4.05. The molecular formula is C56H111N3O6S6. The van der Waals surface area contributed by atoms with Crippen molar-refractivity contribution < 1.29 is 29.3 Å². The van der Waals surface area contributed by atoms with E-state index in [4.69, 9.17) is 4.74 Å². The van der Waals surface area contributed by atoms with Gasteiger partial charge in [-0.2, -0.15) is 0 Å². The van der Waals surface area contributed by atoms with Crippen LogP contribution in [0.15, 0.2) is 0 Å². The number of likely N-dealkylation sites (N-methyl/N-ethyl adjacent to an activating group) is 1. The zero-order valence-corrected chi connectivity index (χ0v) is 51.2. The van der Waals surface area contributed by atoms with E-state index < -0.39 is 17.5 Å². The van der Waals surface area contributed by atoms with Gasteiger partial charge in [0.2, 0.25) is 0 Å². The van der Waals surface area contributed by atoms with Gasteiger partial charge in [0.1, 0.15) is 6.61 Å². The highest BCUT2D eigenvalue weighted by molar-refractivity contribution is 8.77. The third-order valence-corrected chi connectivity index (χ3v) is 20.8. The molecule has 71 heavy (non-hydrogen) atoms. The maximum atomic E-state index is 12.7. The molecule has 0 atom stereocenters. The minimum absolute atomic E-state index is 0.0122. The average Bonchev–Trinajstić information content (AvgIpc) is 3.34. The van der Waals surface area contributed by atoms with E-state index in [0.29, 0.717) is 45.8 Å². The van der Waals surface area contributed by atoms with Crippen LogP contribution in [-0.4, -0.2) is 131 Å². The number of esters is 1. The molecule has 0 aliphatic rings. The number of carboxylic acid groups (broad SMARTS) is 2. The first-order valence-electron chi connectivity index (χ1n) is 29.2. The second kappa shape index (κ2) is 56.6. The summed E-state index contributed by atoms with van der Waals surface area (Å²) in [6.45, 7) is 10.9. The monoisotopic (exact) mass is 1110 g/mol. The first kappa shape index (κ1) is 71.4. The fourth-order valence-corrected chi connectivity index (χ4v) is 15.5. The van der Waals surface area contributed by atoms with Crippen LogP contribution in [0.5, 0.6) is 0 Å². The smallest absolute Gasteiger partial charge is 0.307 e. The highest BCUT2D eigenvalue weighted by atomic mass is 33.1. The van der Waals surface area contributed by atoms with E-state index in [1.807, 2.05) is 54.0 Å². The predicted octanol–water partition coefficient (Wildman–Crippen LogP) is 17.1. The minimum Gasteiger partial charge on any atom is -0.481 e. The maximum absolute atomic E-state index is 12.7. The number of rotatable bonds is 60. The fourth-order valence-electron chi connectivity index (χ4n) is 8.84. The van der Waals surface area contributed by atoms with Crippen LogP contribution in [0.4, 0.5) is 0 Å². The van der Waals surface area contributed by atoms with E-state index in [2.05, 4.69) is 42.9 Å². The number of carboxylic acids is 2. The lowest BCUT2D eigenvalue weighted by Crippen LogP contribution is -2.54. The van der Waals surface area contributed by atoms with Gasteiger partial charge >= 0.3 is 17.9 Å². The van der Waals surface area contributed by atoms with E-state index in [9.17, 15) is 24.6 Å². The van der Waals surface area contributed by atoms with Crippen molar-refractivity contribution in [3.8, 4) is 0 Å².